The van der Waals surface area contributed by atoms with Crippen LogP contribution in [-0.4, -0.2) is 50.2 Å². The number of aliphatic hydroxyl groups is 3. The molecule has 0 aliphatic heterocycles. The molecule has 0 fully saturated rings. The predicted molar refractivity (Wildman–Crippen MR) is 225 cm³/mol. The summed E-state index contributed by atoms with van der Waals surface area (Å²) in [6.07, 6.45) is 4.57. The van der Waals surface area contributed by atoms with Crippen molar-refractivity contribution in [1.82, 2.24) is 16.0 Å². The van der Waals surface area contributed by atoms with Gasteiger partial charge in [0.25, 0.3) is 0 Å². The lowest BCUT2D eigenvalue weighted by Gasteiger charge is -2.36. The molecule has 4 aromatic rings. The summed E-state index contributed by atoms with van der Waals surface area (Å²) >= 11 is 0. The SMILES string of the molecule is CC(C)(C)NC1c2ccccc2-c2ccccc2CC1O.CC(C)(C)NC1c2ccccc2CCC1O.CC(C)(C)NC1c2ccccc2CCCC1O. The van der Waals surface area contributed by atoms with Crippen LogP contribution in [-0.2, 0) is 19.3 Å². The summed E-state index contributed by atoms with van der Waals surface area (Å²) in [5.41, 5.74) is 10.1. The lowest BCUT2D eigenvalue weighted by Crippen LogP contribution is -2.45. The Bertz CT molecular complexity index is 1800. The van der Waals surface area contributed by atoms with Crippen molar-refractivity contribution >= 4 is 0 Å². The highest BCUT2D eigenvalue weighted by molar-refractivity contribution is 5.72. The van der Waals surface area contributed by atoms with Crippen LogP contribution in [0.2, 0.25) is 0 Å². The van der Waals surface area contributed by atoms with Gasteiger partial charge in [0.2, 0.25) is 0 Å². The molecule has 0 radical (unpaired) electrons. The summed E-state index contributed by atoms with van der Waals surface area (Å²) in [6.45, 7) is 19.3. The van der Waals surface area contributed by atoms with Gasteiger partial charge in [0.15, 0.2) is 0 Å². The van der Waals surface area contributed by atoms with Gasteiger partial charge in [0.05, 0.1) is 36.4 Å². The smallest absolute Gasteiger partial charge is 0.0775 e. The number of benzene rings is 4. The monoisotopic (exact) mass is 734 g/mol. The van der Waals surface area contributed by atoms with Crippen LogP contribution in [0.4, 0.5) is 0 Å². The van der Waals surface area contributed by atoms with Gasteiger partial charge in [0, 0.05) is 23.0 Å². The highest BCUT2D eigenvalue weighted by Crippen LogP contribution is 2.38. The van der Waals surface area contributed by atoms with Gasteiger partial charge in [-0.1, -0.05) is 97.1 Å². The summed E-state index contributed by atoms with van der Waals surface area (Å²) in [6, 6.07) is 33.8. The number of aliphatic hydroxyl groups excluding tert-OH is 3. The Hall–Kier alpha value is -3.36. The highest BCUT2D eigenvalue weighted by atomic mass is 16.3. The molecule has 0 bridgehead atoms. The van der Waals surface area contributed by atoms with Crippen LogP contribution in [0.5, 0.6) is 0 Å². The Balaban J connectivity index is 0.000000158. The van der Waals surface area contributed by atoms with E-state index in [1.807, 2.05) is 12.1 Å². The van der Waals surface area contributed by atoms with Crippen LogP contribution in [0.25, 0.3) is 11.1 Å². The number of rotatable bonds is 3. The molecule has 7 rings (SSSR count). The van der Waals surface area contributed by atoms with Gasteiger partial charge in [-0.3, -0.25) is 0 Å². The van der Waals surface area contributed by atoms with E-state index >= 15 is 0 Å². The molecule has 54 heavy (non-hydrogen) atoms. The number of nitrogens with one attached hydrogen (secondary N) is 3. The molecule has 6 nitrogen and oxygen atoms in total. The summed E-state index contributed by atoms with van der Waals surface area (Å²) in [7, 11) is 0. The average Bonchev–Trinajstić information content (AvgIpc) is 3.32. The Morgan fingerprint density at radius 1 is 0.426 bits per heavy atom. The van der Waals surface area contributed by atoms with Gasteiger partial charge in [-0.05, 0) is 139 Å². The maximum absolute atomic E-state index is 10.7. The first kappa shape index (κ1) is 41.8. The molecule has 6 N–H and O–H groups in total. The van der Waals surface area contributed by atoms with E-state index in [-0.39, 0.29) is 47.0 Å². The van der Waals surface area contributed by atoms with Crippen LogP contribution in [0.15, 0.2) is 97.1 Å². The van der Waals surface area contributed by atoms with Crippen molar-refractivity contribution < 1.29 is 15.3 Å². The van der Waals surface area contributed by atoms with E-state index < -0.39 is 6.10 Å². The Morgan fingerprint density at radius 3 is 1.33 bits per heavy atom. The quantitative estimate of drug-likeness (QED) is 0.118. The first-order valence-corrected chi connectivity index (χ1v) is 20.1. The molecule has 3 aliphatic carbocycles. The molecular formula is C48H67N3O3. The van der Waals surface area contributed by atoms with Crippen LogP contribution < -0.4 is 16.0 Å². The molecule has 6 heteroatoms. The molecule has 4 aromatic carbocycles. The summed E-state index contributed by atoms with van der Waals surface area (Å²) in [4.78, 5) is 0. The average molecular weight is 734 g/mol. The lowest BCUT2D eigenvalue weighted by atomic mass is 9.84. The second-order valence-electron chi connectivity index (χ2n) is 18.6. The molecule has 0 saturated heterocycles. The standard InChI is InChI=1S/C19H23NO.C15H23NO.C14H21NO/c1-19(2,3)20-18-16-11-7-6-10-15(16)14-9-5-4-8-13(14)12-17(18)21;1-15(2,3)16-14-12-9-5-4-7-11(12)8-6-10-13(14)17;1-14(2,3)15-13-11-7-5-4-6-10(11)8-9-12(13)16/h4-11,17-18,20-21H,12H2,1-3H3;4-5,7,9,13-14,16-17H,6,8,10H2,1-3H3;4-7,12-13,15-16H,8-9H2,1-3H3. The Labute approximate surface area is 325 Å². The minimum Gasteiger partial charge on any atom is -0.391 e. The van der Waals surface area contributed by atoms with Crippen molar-refractivity contribution in [3.05, 3.63) is 130 Å². The molecule has 0 amide bonds. The third-order valence-electron chi connectivity index (χ3n) is 10.4. The topological polar surface area (TPSA) is 96.8 Å². The van der Waals surface area contributed by atoms with E-state index in [1.54, 1.807) is 0 Å². The fourth-order valence-electron chi connectivity index (χ4n) is 8.13. The van der Waals surface area contributed by atoms with Crippen LogP contribution in [0.1, 0.15) is 133 Å². The fraction of sp³-hybridized carbons (Fsp3) is 0.500. The van der Waals surface area contributed by atoms with Gasteiger partial charge in [0.1, 0.15) is 0 Å². The van der Waals surface area contributed by atoms with E-state index in [0.717, 1.165) is 32.1 Å². The largest absolute Gasteiger partial charge is 0.391 e. The molecule has 6 atom stereocenters. The normalized spacial score (nSPS) is 23.7. The maximum atomic E-state index is 10.7. The van der Waals surface area contributed by atoms with Crippen molar-refractivity contribution in [2.75, 3.05) is 0 Å². The van der Waals surface area contributed by atoms with Gasteiger partial charge < -0.3 is 31.3 Å². The van der Waals surface area contributed by atoms with Gasteiger partial charge in [-0.2, -0.15) is 0 Å². The molecule has 0 spiro atoms. The number of hydrogen-bond donors (Lipinski definition) is 6. The molecule has 0 saturated carbocycles. The molecule has 292 valence electrons. The van der Waals surface area contributed by atoms with E-state index in [1.165, 1.54) is 44.5 Å². The van der Waals surface area contributed by atoms with Gasteiger partial charge in [-0.15, -0.1) is 0 Å². The zero-order valence-electron chi connectivity index (χ0n) is 34.3. The third-order valence-corrected chi connectivity index (χ3v) is 10.4. The molecule has 6 unspecified atom stereocenters. The van der Waals surface area contributed by atoms with E-state index in [0.29, 0.717) is 6.42 Å². The Kier molecular flexibility index (Phi) is 13.6. The number of fused-ring (bicyclic) bond motifs is 5. The van der Waals surface area contributed by atoms with Gasteiger partial charge in [-0.25, -0.2) is 0 Å². The molecule has 0 aromatic heterocycles. The number of hydrogen-bond acceptors (Lipinski definition) is 6. The zero-order valence-corrected chi connectivity index (χ0v) is 34.3. The van der Waals surface area contributed by atoms with Crippen molar-refractivity contribution in [2.24, 2.45) is 0 Å². The summed E-state index contributed by atoms with van der Waals surface area (Å²) < 4.78 is 0. The molecule has 3 aliphatic rings. The second-order valence-corrected chi connectivity index (χ2v) is 18.6. The predicted octanol–water partition coefficient (Wildman–Crippen LogP) is 8.94. The second kappa shape index (κ2) is 17.6. The van der Waals surface area contributed by atoms with E-state index in [2.05, 4.69) is 163 Å². The Morgan fingerprint density at radius 2 is 0.815 bits per heavy atom. The van der Waals surface area contributed by atoms with Crippen molar-refractivity contribution in [3.63, 3.8) is 0 Å². The molecular weight excluding hydrogens is 667 g/mol. The third kappa shape index (κ3) is 11.3. The molecule has 0 heterocycles. The summed E-state index contributed by atoms with van der Waals surface area (Å²) in [5.74, 6) is 0. The summed E-state index contributed by atoms with van der Waals surface area (Å²) in [5, 5.41) is 41.8. The zero-order chi connectivity index (χ0) is 39.3. The van der Waals surface area contributed by atoms with E-state index in [9.17, 15) is 15.3 Å². The number of aryl methyl sites for hydroxylation is 2. The maximum Gasteiger partial charge on any atom is 0.0775 e. The highest BCUT2D eigenvalue weighted by Gasteiger charge is 2.33. The van der Waals surface area contributed by atoms with Crippen molar-refractivity contribution in [1.29, 1.82) is 0 Å². The minimum absolute atomic E-state index is 0.0170. The van der Waals surface area contributed by atoms with Crippen LogP contribution in [0.3, 0.4) is 0 Å². The minimum atomic E-state index is -0.422. The first-order valence-electron chi connectivity index (χ1n) is 20.1. The van der Waals surface area contributed by atoms with Crippen LogP contribution >= 0.6 is 0 Å². The van der Waals surface area contributed by atoms with Gasteiger partial charge >= 0.3 is 0 Å². The van der Waals surface area contributed by atoms with Crippen LogP contribution in [0, 0.1) is 0 Å². The van der Waals surface area contributed by atoms with Crippen molar-refractivity contribution in [2.45, 2.75) is 154 Å². The van der Waals surface area contributed by atoms with Crippen molar-refractivity contribution in [3.8, 4) is 11.1 Å². The van der Waals surface area contributed by atoms with E-state index in [4.69, 9.17) is 0 Å². The fourth-order valence-corrected chi connectivity index (χ4v) is 8.13. The first-order chi connectivity index (χ1) is 25.4. The lowest BCUT2D eigenvalue weighted by molar-refractivity contribution is 0.0967.